The van der Waals surface area contributed by atoms with Gasteiger partial charge in [-0.05, 0) is 20.8 Å². The lowest BCUT2D eigenvalue weighted by Crippen LogP contribution is -2.53. The van der Waals surface area contributed by atoms with Crippen LogP contribution in [0.4, 0.5) is 4.79 Å². The predicted octanol–water partition coefficient (Wildman–Crippen LogP) is 1.76. The summed E-state index contributed by atoms with van der Waals surface area (Å²) in [6.45, 7) is 9.18. The molecule has 0 radical (unpaired) electrons. The van der Waals surface area contributed by atoms with Crippen molar-refractivity contribution >= 4 is 36.0 Å². The summed E-state index contributed by atoms with van der Waals surface area (Å²) in [4.78, 5) is 24.2. The van der Waals surface area contributed by atoms with Crippen LogP contribution in [0.1, 0.15) is 24.3 Å². The highest BCUT2D eigenvalue weighted by Gasteiger charge is 2.23. The Kier molecular flexibility index (Phi) is 8.29. The van der Waals surface area contributed by atoms with Crippen molar-refractivity contribution < 1.29 is 13.9 Å². The number of oxazole rings is 1. The number of nitrogens with zero attached hydrogens (tertiary/aromatic N) is 4. The molecule has 0 spiro atoms. The average molecular weight is 451 g/mol. The van der Waals surface area contributed by atoms with E-state index in [1.807, 2.05) is 20.8 Å². The minimum atomic E-state index is -0.249. The Hall–Kier alpha value is -1.52. The maximum absolute atomic E-state index is 11.7. The maximum Gasteiger partial charge on any atom is 0.409 e. The lowest BCUT2D eigenvalue weighted by atomic mass is 10.3. The molecule has 1 aromatic rings. The molecule has 24 heavy (non-hydrogen) atoms. The molecule has 2 heterocycles. The largest absolute Gasteiger partial charge is 0.450 e. The van der Waals surface area contributed by atoms with Gasteiger partial charge in [0.15, 0.2) is 5.96 Å². The molecule has 1 aliphatic rings. The standard InChI is InChI=1S/C15H25N5O3.HI/c1-5-22-15(21)20-8-6-19(7-9-20)14(16-4)17-10-13-18-11(2)12(3)23-13;/h5-10H2,1-4H3,(H,16,17);1H. The Morgan fingerprint density at radius 1 is 1.29 bits per heavy atom. The molecule has 0 atom stereocenters. The summed E-state index contributed by atoms with van der Waals surface area (Å²) < 4.78 is 10.6. The molecule has 1 fully saturated rings. The number of guanidine groups is 1. The third-order valence-corrected chi connectivity index (χ3v) is 3.79. The first-order chi connectivity index (χ1) is 11.0. The molecule has 0 saturated carbocycles. The number of amides is 1. The Morgan fingerprint density at radius 3 is 2.42 bits per heavy atom. The number of hydrogen-bond acceptors (Lipinski definition) is 5. The maximum atomic E-state index is 11.7. The number of piperazine rings is 1. The van der Waals surface area contributed by atoms with Gasteiger partial charge in [-0.25, -0.2) is 9.78 Å². The number of carbonyl (C=O) groups excluding carboxylic acids is 1. The van der Waals surface area contributed by atoms with E-state index in [0.29, 0.717) is 45.2 Å². The van der Waals surface area contributed by atoms with E-state index in [4.69, 9.17) is 9.15 Å². The van der Waals surface area contributed by atoms with Crippen LogP contribution in [0.3, 0.4) is 0 Å². The zero-order valence-electron chi connectivity index (χ0n) is 14.7. The number of halogens is 1. The van der Waals surface area contributed by atoms with E-state index >= 15 is 0 Å². The average Bonchev–Trinajstić information content (AvgIpc) is 2.87. The van der Waals surface area contributed by atoms with Crippen LogP contribution in [-0.2, 0) is 11.3 Å². The number of aliphatic imine (C=N–C) groups is 1. The van der Waals surface area contributed by atoms with Gasteiger partial charge < -0.3 is 24.3 Å². The van der Waals surface area contributed by atoms with Crippen LogP contribution in [0.2, 0.25) is 0 Å². The fraction of sp³-hybridized carbons (Fsp3) is 0.667. The zero-order chi connectivity index (χ0) is 16.8. The third-order valence-electron chi connectivity index (χ3n) is 3.79. The molecular formula is C15H26IN5O3. The number of ether oxygens (including phenoxy) is 1. The highest BCUT2D eigenvalue weighted by Crippen LogP contribution is 2.09. The van der Waals surface area contributed by atoms with E-state index in [9.17, 15) is 4.79 Å². The van der Waals surface area contributed by atoms with Crippen LogP contribution in [-0.4, -0.2) is 66.7 Å². The van der Waals surface area contributed by atoms with Crippen molar-refractivity contribution in [3.63, 3.8) is 0 Å². The first-order valence-electron chi connectivity index (χ1n) is 7.85. The van der Waals surface area contributed by atoms with E-state index in [-0.39, 0.29) is 30.1 Å². The molecule has 1 N–H and O–H groups in total. The fourth-order valence-corrected chi connectivity index (χ4v) is 2.42. The van der Waals surface area contributed by atoms with Gasteiger partial charge in [-0.15, -0.1) is 24.0 Å². The lowest BCUT2D eigenvalue weighted by Gasteiger charge is -2.35. The Balaban J connectivity index is 0.00000288. The number of hydrogen-bond donors (Lipinski definition) is 1. The van der Waals surface area contributed by atoms with Crippen molar-refractivity contribution in [3.8, 4) is 0 Å². The smallest absolute Gasteiger partial charge is 0.409 e. The molecule has 8 nitrogen and oxygen atoms in total. The quantitative estimate of drug-likeness (QED) is 0.429. The number of rotatable bonds is 3. The molecule has 0 aliphatic carbocycles. The van der Waals surface area contributed by atoms with Crippen LogP contribution in [0.25, 0.3) is 0 Å². The van der Waals surface area contributed by atoms with E-state index < -0.39 is 0 Å². The molecule has 0 bridgehead atoms. The van der Waals surface area contributed by atoms with Gasteiger partial charge in [-0.2, -0.15) is 0 Å². The highest BCUT2D eigenvalue weighted by atomic mass is 127. The van der Waals surface area contributed by atoms with Crippen molar-refractivity contribution in [2.75, 3.05) is 39.8 Å². The summed E-state index contributed by atoms with van der Waals surface area (Å²) in [5.41, 5.74) is 0.903. The summed E-state index contributed by atoms with van der Waals surface area (Å²) in [7, 11) is 1.74. The van der Waals surface area contributed by atoms with Gasteiger partial charge in [0.1, 0.15) is 5.76 Å². The second-order valence-electron chi connectivity index (χ2n) is 5.32. The van der Waals surface area contributed by atoms with Crippen molar-refractivity contribution in [1.82, 2.24) is 20.1 Å². The van der Waals surface area contributed by atoms with E-state index in [0.717, 1.165) is 17.4 Å². The molecule has 1 amide bonds. The molecule has 1 aliphatic heterocycles. The summed E-state index contributed by atoms with van der Waals surface area (Å²) in [5, 5.41) is 3.25. The number of nitrogens with one attached hydrogen (secondary N) is 1. The second kappa shape index (κ2) is 9.70. The normalized spacial score (nSPS) is 15.1. The van der Waals surface area contributed by atoms with E-state index in [1.54, 1.807) is 11.9 Å². The summed E-state index contributed by atoms with van der Waals surface area (Å²) in [5.74, 6) is 2.26. The van der Waals surface area contributed by atoms with Gasteiger partial charge in [-0.1, -0.05) is 0 Å². The SMILES string of the molecule is CCOC(=O)N1CCN(C(=NC)NCc2nc(C)c(C)o2)CC1.I. The van der Waals surface area contributed by atoms with Crippen LogP contribution in [0, 0.1) is 13.8 Å². The van der Waals surface area contributed by atoms with Gasteiger partial charge in [0.05, 0.1) is 18.8 Å². The Morgan fingerprint density at radius 2 is 1.92 bits per heavy atom. The van der Waals surface area contributed by atoms with Gasteiger partial charge in [0, 0.05) is 33.2 Å². The zero-order valence-corrected chi connectivity index (χ0v) is 17.0. The van der Waals surface area contributed by atoms with Gasteiger partial charge in [0.2, 0.25) is 5.89 Å². The van der Waals surface area contributed by atoms with Crippen molar-refractivity contribution in [2.24, 2.45) is 4.99 Å². The van der Waals surface area contributed by atoms with Crippen molar-refractivity contribution in [1.29, 1.82) is 0 Å². The summed E-state index contributed by atoms with van der Waals surface area (Å²) in [6.07, 6.45) is -0.249. The summed E-state index contributed by atoms with van der Waals surface area (Å²) >= 11 is 0. The fourth-order valence-electron chi connectivity index (χ4n) is 2.42. The lowest BCUT2D eigenvalue weighted by molar-refractivity contribution is 0.0914. The van der Waals surface area contributed by atoms with Gasteiger partial charge >= 0.3 is 6.09 Å². The monoisotopic (exact) mass is 451 g/mol. The molecule has 9 heteroatoms. The minimum Gasteiger partial charge on any atom is -0.450 e. The molecular weight excluding hydrogens is 425 g/mol. The number of carbonyl (C=O) groups is 1. The van der Waals surface area contributed by atoms with Gasteiger partial charge in [0.25, 0.3) is 0 Å². The van der Waals surface area contributed by atoms with Crippen molar-refractivity contribution in [2.45, 2.75) is 27.3 Å². The van der Waals surface area contributed by atoms with Crippen LogP contribution in [0.5, 0.6) is 0 Å². The number of aryl methyl sites for hydroxylation is 2. The Bertz CT molecular complexity index is 548. The topological polar surface area (TPSA) is 83.2 Å². The molecule has 136 valence electrons. The first kappa shape index (κ1) is 20.5. The molecule has 2 rings (SSSR count). The third kappa shape index (κ3) is 5.25. The van der Waals surface area contributed by atoms with E-state index in [1.165, 1.54) is 0 Å². The van der Waals surface area contributed by atoms with Crippen LogP contribution >= 0.6 is 24.0 Å². The van der Waals surface area contributed by atoms with Gasteiger partial charge in [-0.3, -0.25) is 4.99 Å². The molecule has 1 saturated heterocycles. The predicted molar refractivity (Wildman–Crippen MR) is 102 cm³/mol. The van der Waals surface area contributed by atoms with Crippen molar-refractivity contribution in [3.05, 3.63) is 17.3 Å². The highest BCUT2D eigenvalue weighted by molar-refractivity contribution is 14.0. The number of aromatic nitrogens is 1. The molecule has 1 aromatic heterocycles. The second-order valence-corrected chi connectivity index (χ2v) is 5.32. The minimum absolute atomic E-state index is 0. The van der Waals surface area contributed by atoms with E-state index in [2.05, 4.69) is 20.2 Å². The molecule has 0 unspecified atom stereocenters. The van der Waals surface area contributed by atoms with Crippen LogP contribution < -0.4 is 5.32 Å². The summed E-state index contributed by atoms with van der Waals surface area (Å²) in [6, 6.07) is 0. The van der Waals surface area contributed by atoms with Crippen LogP contribution in [0.15, 0.2) is 9.41 Å². The first-order valence-corrected chi connectivity index (χ1v) is 7.85. The molecule has 0 aromatic carbocycles. The Labute approximate surface area is 159 Å².